The van der Waals surface area contributed by atoms with Crippen molar-refractivity contribution >= 4 is 5.69 Å². The van der Waals surface area contributed by atoms with E-state index in [9.17, 15) is 0 Å². The second-order valence-electron chi connectivity index (χ2n) is 3.61. The van der Waals surface area contributed by atoms with E-state index in [2.05, 4.69) is 20.4 Å². The van der Waals surface area contributed by atoms with Crippen LogP contribution >= 0.6 is 0 Å². The van der Waals surface area contributed by atoms with Crippen LogP contribution in [0.25, 0.3) is 0 Å². The number of ether oxygens (including phenoxy) is 1. The fourth-order valence-corrected chi connectivity index (χ4v) is 1.44. The van der Waals surface area contributed by atoms with Crippen molar-refractivity contribution in [2.45, 2.75) is 20.4 Å². The Morgan fingerprint density at radius 2 is 2.24 bits per heavy atom. The van der Waals surface area contributed by atoms with Crippen molar-refractivity contribution in [1.29, 1.82) is 0 Å². The van der Waals surface area contributed by atoms with E-state index in [0.29, 0.717) is 24.0 Å². The number of aromatic nitrogens is 3. The van der Waals surface area contributed by atoms with Crippen molar-refractivity contribution in [3.8, 4) is 5.75 Å². The Balaban J connectivity index is 2.10. The first-order chi connectivity index (χ1) is 8.19. The molecule has 0 aromatic carbocycles. The smallest absolute Gasteiger partial charge is 0.223 e. The molecule has 0 aliphatic rings. The minimum absolute atomic E-state index is 0.483. The normalized spacial score (nSPS) is 10.3. The van der Waals surface area contributed by atoms with Crippen molar-refractivity contribution in [3.63, 3.8) is 0 Å². The van der Waals surface area contributed by atoms with E-state index in [1.807, 2.05) is 13.0 Å². The first-order valence-electron chi connectivity index (χ1n) is 5.22. The SMILES string of the molecule is COc1cnc(C)cc1NCc1noc(C)n1. The van der Waals surface area contributed by atoms with Gasteiger partial charge in [0.2, 0.25) is 5.89 Å². The Hall–Kier alpha value is -2.11. The van der Waals surface area contributed by atoms with Gasteiger partial charge in [0, 0.05) is 12.6 Å². The lowest BCUT2D eigenvalue weighted by atomic mass is 10.3. The summed E-state index contributed by atoms with van der Waals surface area (Å²) in [5, 5.41) is 6.99. The summed E-state index contributed by atoms with van der Waals surface area (Å²) in [5.41, 5.74) is 1.78. The summed E-state index contributed by atoms with van der Waals surface area (Å²) in [4.78, 5) is 8.26. The summed E-state index contributed by atoms with van der Waals surface area (Å²) in [6, 6.07) is 1.91. The number of aryl methyl sites for hydroxylation is 2. The van der Waals surface area contributed by atoms with Crippen LogP contribution in [0.2, 0.25) is 0 Å². The molecular weight excluding hydrogens is 220 g/mol. The summed E-state index contributed by atoms with van der Waals surface area (Å²) in [6.45, 7) is 4.16. The van der Waals surface area contributed by atoms with Gasteiger partial charge < -0.3 is 14.6 Å². The molecule has 0 saturated heterocycles. The molecule has 0 atom stereocenters. The lowest BCUT2D eigenvalue weighted by molar-refractivity contribution is 0.388. The van der Waals surface area contributed by atoms with Crippen LogP contribution in [0, 0.1) is 13.8 Å². The second-order valence-corrected chi connectivity index (χ2v) is 3.61. The van der Waals surface area contributed by atoms with E-state index < -0.39 is 0 Å². The zero-order valence-electron chi connectivity index (χ0n) is 10.0. The number of nitrogens with zero attached hydrogens (tertiary/aromatic N) is 3. The van der Waals surface area contributed by atoms with Crippen molar-refractivity contribution in [2.24, 2.45) is 0 Å². The van der Waals surface area contributed by atoms with Crippen LogP contribution in [0.1, 0.15) is 17.4 Å². The maximum atomic E-state index is 5.20. The standard InChI is InChI=1S/C11H14N4O2/c1-7-4-9(10(16-3)5-12-7)13-6-11-14-8(2)17-15-11/h4-5H,6H2,1-3H3,(H,12,13). The maximum absolute atomic E-state index is 5.20. The lowest BCUT2D eigenvalue weighted by Crippen LogP contribution is -2.03. The molecule has 0 aliphatic heterocycles. The van der Waals surface area contributed by atoms with Crippen molar-refractivity contribution in [2.75, 3.05) is 12.4 Å². The molecule has 0 amide bonds. The Labute approximate surface area is 99.0 Å². The molecule has 0 unspecified atom stereocenters. The summed E-state index contributed by atoms with van der Waals surface area (Å²) in [5.74, 6) is 1.86. The molecule has 1 N–H and O–H groups in total. The van der Waals surface area contributed by atoms with Crippen LogP contribution in [0.5, 0.6) is 5.75 Å². The van der Waals surface area contributed by atoms with E-state index in [0.717, 1.165) is 11.4 Å². The fourth-order valence-electron chi connectivity index (χ4n) is 1.44. The maximum Gasteiger partial charge on any atom is 0.223 e. The van der Waals surface area contributed by atoms with Crippen LogP contribution < -0.4 is 10.1 Å². The Kier molecular flexibility index (Phi) is 3.22. The first kappa shape index (κ1) is 11.4. The Morgan fingerprint density at radius 3 is 2.88 bits per heavy atom. The van der Waals surface area contributed by atoms with Crippen LogP contribution in [-0.4, -0.2) is 22.2 Å². The molecule has 2 aromatic heterocycles. The average Bonchev–Trinajstić information content (AvgIpc) is 2.73. The summed E-state index contributed by atoms with van der Waals surface area (Å²) in [6.07, 6.45) is 1.68. The fraction of sp³-hybridized carbons (Fsp3) is 0.364. The van der Waals surface area contributed by atoms with Crippen LogP contribution in [0.3, 0.4) is 0 Å². The predicted octanol–water partition coefficient (Wildman–Crippen LogP) is 1.70. The van der Waals surface area contributed by atoms with Gasteiger partial charge in [-0.3, -0.25) is 4.98 Å². The summed E-state index contributed by atoms with van der Waals surface area (Å²) >= 11 is 0. The molecule has 0 aliphatic carbocycles. The molecule has 17 heavy (non-hydrogen) atoms. The molecule has 6 heteroatoms. The van der Waals surface area contributed by atoms with Gasteiger partial charge in [0.25, 0.3) is 0 Å². The van der Waals surface area contributed by atoms with Crippen molar-refractivity contribution in [3.05, 3.63) is 29.7 Å². The van der Waals surface area contributed by atoms with Gasteiger partial charge in [0.05, 0.1) is 25.5 Å². The van der Waals surface area contributed by atoms with Gasteiger partial charge in [-0.05, 0) is 13.0 Å². The minimum atomic E-state index is 0.483. The molecule has 0 bridgehead atoms. The third-order valence-electron chi connectivity index (χ3n) is 2.23. The molecule has 2 heterocycles. The van der Waals surface area contributed by atoms with Gasteiger partial charge in [-0.2, -0.15) is 4.98 Å². The molecular formula is C11H14N4O2. The highest BCUT2D eigenvalue weighted by molar-refractivity contribution is 5.55. The van der Waals surface area contributed by atoms with Gasteiger partial charge in [-0.1, -0.05) is 5.16 Å². The number of rotatable bonds is 4. The third-order valence-corrected chi connectivity index (χ3v) is 2.23. The number of anilines is 1. The third kappa shape index (κ3) is 2.72. The van der Waals surface area contributed by atoms with Gasteiger partial charge in [-0.25, -0.2) is 0 Å². The average molecular weight is 234 g/mol. The van der Waals surface area contributed by atoms with E-state index >= 15 is 0 Å². The summed E-state index contributed by atoms with van der Waals surface area (Å²) < 4.78 is 10.1. The monoisotopic (exact) mass is 234 g/mol. The molecule has 0 fully saturated rings. The molecule has 2 rings (SSSR count). The molecule has 0 radical (unpaired) electrons. The highest BCUT2D eigenvalue weighted by Gasteiger charge is 2.06. The van der Waals surface area contributed by atoms with Gasteiger partial charge in [-0.15, -0.1) is 0 Å². The van der Waals surface area contributed by atoms with Crippen molar-refractivity contribution < 1.29 is 9.26 Å². The Bertz CT molecular complexity index is 510. The predicted molar refractivity (Wildman–Crippen MR) is 61.9 cm³/mol. The number of nitrogens with one attached hydrogen (secondary N) is 1. The second kappa shape index (κ2) is 4.82. The molecule has 0 saturated carbocycles. The Morgan fingerprint density at radius 1 is 1.41 bits per heavy atom. The first-order valence-corrected chi connectivity index (χ1v) is 5.22. The van der Waals surface area contributed by atoms with Crippen molar-refractivity contribution in [1.82, 2.24) is 15.1 Å². The number of hydrogen-bond acceptors (Lipinski definition) is 6. The van der Waals surface area contributed by atoms with Gasteiger partial charge >= 0.3 is 0 Å². The molecule has 0 spiro atoms. The zero-order valence-corrected chi connectivity index (χ0v) is 10.0. The number of hydrogen-bond donors (Lipinski definition) is 1. The molecule has 2 aromatic rings. The number of methoxy groups -OCH3 is 1. The topological polar surface area (TPSA) is 73.1 Å². The van der Waals surface area contributed by atoms with E-state index in [4.69, 9.17) is 9.26 Å². The van der Waals surface area contributed by atoms with Crippen LogP contribution in [0.15, 0.2) is 16.8 Å². The van der Waals surface area contributed by atoms with Gasteiger partial charge in [0.1, 0.15) is 0 Å². The molecule has 90 valence electrons. The summed E-state index contributed by atoms with van der Waals surface area (Å²) in [7, 11) is 1.61. The van der Waals surface area contributed by atoms with E-state index in [-0.39, 0.29) is 0 Å². The largest absolute Gasteiger partial charge is 0.493 e. The van der Waals surface area contributed by atoms with E-state index in [1.165, 1.54) is 0 Å². The molecule has 6 nitrogen and oxygen atoms in total. The minimum Gasteiger partial charge on any atom is -0.493 e. The highest BCUT2D eigenvalue weighted by atomic mass is 16.5. The zero-order chi connectivity index (χ0) is 12.3. The van der Waals surface area contributed by atoms with Gasteiger partial charge in [0.15, 0.2) is 11.6 Å². The van der Waals surface area contributed by atoms with Crippen LogP contribution in [-0.2, 0) is 6.54 Å². The highest BCUT2D eigenvalue weighted by Crippen LogP contribution is 2.23. The lowest BCUT2D eigenvalue weighted by Gasteiger charge is -2.09. The quantitative estimate of drug-likeness (QED) is 0.868. The number of pyridine rings is 1. The van der Waals surface area contributed by atoms with E-state index in [1.54, 1.807) is 20.2 Å². The van der Waals surface area contributed by atoms with Crippen LogP contribution in [0.4, 0.5) is 5.69 Å².